The molecule has 1 aromatic heterocycles. The number of thiazole rings is 1. The van der Waals surface area contributed by atoms with E-state index >= 15 is 0 Å². The highest BCUT2D eigenvalue weighted by Crippen LogP contribution is 2.29. The fourth-order valence-corrected chi connectivity index (χ4v) is 3.61. The van der Waals surface area contributed by atoms with Gasteiger partial charge in [-0.3, -0.25) is 4.79 Å². The molecule has 0 radical (unpaired) electrons. The van der Waals surface area contributed by atoms with Crippen molar-refractivity contribution in [1.82, 2.24) is 15.2 Å². The standard InChI is InChI=1S/C16H18FN3OS.2ClH/c1-10-9-18-7-8-20(10)16(21)14-11(2)19-15(22-14)12-3-5-13(17)6-4-12;;/h3-6,10,18H,7-9H2,1-2H3;2*1H/t10-;;/m1../s1. The smallest absolute Gasteiger partial charge is 0.266 e. The van der Waals surface area contributed by atoms with Crippen molar-refractivity contribution in [2.75, 3.05) is 19.6 Å². The van der Waals surface area contributed by atoms with Gasteiger partial charge in [-0.2, -0.15) is 0 Å². The number of carbonyl (C=O) groups excluding carboxylic acids is 1. The summed E-state index contributed by atoms with van der Waals surface area (Å²) < 4.78 is 13.0. The van der Waals surface area contributed by atoms with Gasteiger partial charge in [0.15, 0.2) is 0 Å². The largest absolute Gasteiger partial charge is 0.333 e. The zero-order chi connectivity index (χ0) is 15.7. The molecule has 24 heavy (non-hydrogen) atoms. The van der Waals surface area contributed by atoms with Crippen LogP contribution in [0.5, 0.6) is 0 Å². The van der Waals surface area contributed by atoms with Gasteiger partial charge in [-0.15, -0.1) is 36.2 Å². The first kappa shape index (κ1) is 20.8. The second kappa shape index (κ2) is 8.76. The molecule has 8 heteroatoms. The van der Waals surface area contributed by atoms with Gasteiger partial charge in [-0.25, -0.2) is 9.37 Å². The first-order valence-electron chi connectivity index (χ1n) is 7.31. The average Bonchev–Trinajstić information content (AvgIpc) is 2.90. The molecule has 1 aliphatic heterocycles. The molecule has 1 atom stereocenters. The number of nitrogens with zero attached hydrogens (tertiary/aromatic N) is 2. The third-order valence-corrected chi connectivity index (χ3v) is 5.04. The van der Waals surface area contributed by atoms with Crippen molar-refractivity contribution in [2.24, 2.45) is 0 Å². The van der Waals surface area contributed by atoms with E-state index in [0.29, 0.717) is 11.4 Å². The van der Waals surface area contributed by atoms with Crippen molar-refractivity contribution in [3.63, 3.8) is 0 Å². The van der Waals surface area contributed by atoms with Crippen molar-refractivity contribution in [3.8, 4) is 10.6 Å². The molecule has 0 aliphatic carbocycles. The minimum Gasteiger partial charge on any atom is -0.333 e. The Morgan fingerprint density at radius 2 is 2.00 bits per heavy atom. The molecule has 2 aromatic rings. The lowest BCUT2D eigenvalue weighted by Crippen LogP contribution is -2.52. The molecule has 1 aliphatic rings. The summed E-state index contributed by atoms with van der Waals surface area (Å²) in [6.07, 6.45) is 0. The summed E-state index contributed by atoms with van der Waals surface area (Å²) in [5, 5.41) is 4.03. The Labute approximate surface area is 157 Å². The number of nitrogens with one attached hydrogen (secondary N) is 1. The normalized spacial score (nSPS) is 17.0. The van der Waals surface area contributed by atoms with Crippen LogP contribution in [0.2, 0.25) is 0 Å². The molecule has 2 heterocycles. The number of hydrogen-bond donors (Lipinski definition) is 1. The minimum absolute atomic E-state index is 0. The predicted molar refractivity (Wildman–Crippen MR) is 100 cm³/mol. The van der Waals surface area contributed by atoms with E-state index in [-0.39, 0.29) is 42.6 Å². The fraction of sp³-hybridized carbons (Fsp3) is 0.375. The molecular weight excluding hydrogens is 372 g/mol. The van der Waals surface area contributed by atoms with Gasteiger partial charge < -0.3 is 10.2 Å². The third kappa shape index (κ3) is 4.25. The van der Waals surface area contributed by atoms with Gasteiger partial charge in [-0.05, 0) is 38.1 Å². The summed E-state index contributed by atoms with van der Waals surface area (Å²) in [5.74, 6) is -0.236. The number of rotatable bonds is 2. The highest BCUT2D eigenvalue weighted by atomic mass is 35.5. The van der Waals surface area contributed by atoms with E-state index in [1.54, 1.807) is 12.1 Å². The molecule has 4 nitrogen and oxygen atoms in total. The van der Waals surface area contributed by atoms with E-state index in [1.807, 2.05) is 18.7 Å². The van der Waals surface area contributed by atoms with Crippen LogP contribution < -0.4 is 5.32 Å². The van der Waals surface area contributed by atoms with Crippen molar-refractivity contribution >= 4 is 42.1 Å². The molecule has 1 saturated heterocycles. The van der Waals surface area contributed by atoms with Gasteiger partial charge >= 0.3 is 0 Å². The SMILES string of the molecule is Cc1nc(-c2ccc(F)cc2)sc1C(=O)N1CCNC[C@H]1C.Cl.Cl. The second-order valence-electron chi connectivity index (χ2n) is 5.49. The fourth-order valence-electron chi connectivity index (χ4n) is 2.58. The number of amides is 1. The van der Waals surface area contributed by atoms with Crippen LogP contribution in [-0.4, -0.2) is 41.5 Å². The lowest BCUT2D eigenvalue weighted by atomic mass is 10.2. The molecule has 1 N–H and O–H groups in total. The number of carbonyl (C=O) groups is 1. The Bertz CT molecular complexity index is 693. The third-order valence-electron chi connectivity index (χ3n) is 3.84. The number of hydrogen-bond acceptors (Lipinski definition) is 4. The molecule has 0 spiro atoms. The van der Waals surface area contributed by atoms with E-state index in [9.17, 15) is 9.18 Å². The van der Waals surface area contributed by atoms with E-state index < -0.39 is 0 Å². The van der Waals surface area contributed by atoms with Crippen LogP contribution in [0.3, 0.4) is 0 Å². The van der Waals surface area contributed by atoms with E-state index in [0.717, 1.165) is 29.4 Å². The maximum atomic E-state index is 13.0. The Morgan fingerprint density at radius 3 is 2.62 bits per heavy atom. The molecule has 0 saturated carbocycles. The summed E-state index contributed by atoms with van der Waals surface area (Å²) in [4.78, 5) is 19.8. The van der Waals surface area contributed by atoms with E-state index in [4.69, 9.17) is 0 Å². The topological polar surface area (TPSA) is 45.2 Å². The van der Waals surface area contributed by atoms with Crippen LogP contribution in [0.1, 0.15) is 22.3 Å². The van der Waals surface area contributed by atoms with Crippen LogP contribution in [0.15, 0.2) is 24.3 Å². The summed E-state index contributed by atoms with van der Waals surface area (Å²) >= 11 is 1.38. The van der Waals surface area contributed by atoms with Gasteiger partial charge in [0.05, 0.1) is 5.69 Å². The van der Waals surface area contributed by atoms with Gasteiger partial charge in [-0.1, -0.05) is 0 Å². The van der Waals surface area contributed by atoms with Crippen LogP contribution >= 0.6 is 36.2 Å². The van der Waals surface area contributed by atoms with Crippen LogP contribution in [0, 0.1) is 12.7 Å². The van der Waals surface area contributed by atoms with Gasteiger partial charge in [0, 0.05) is 31.2 Å². The Morgan fingerprint density at radius 1 is 1.33 bits per heavy atom. The van der Waals surface area contributed by atoms with Gasteiger partial charge in [0.25, 0.3) is 5.91 Å². The Balaban J connectivity index is 0.00000144. The first-order valence-corrected chi connectivity index (χ1v) is 8.13. The second-order valence-corrected chi connectivity index (χ2v) is 6.49. The lowest BCUT2D eigenvalue weighted by Gasteiger charge is -2.33. The minimum atomic E-state index is -0.275. The number of aromatic nitrogens is 1. The zero-order valence-electron chi connectivity index (χ0n) is 13.4. The Hall–Kier alpha value is -1.21. The molecule has 3 rings (SSSR count). The lowest BCUT2D eigenvalue weighted by molar-refractivity contribution is 0.0660. The van der Waals surface area contributed by atoms with Crippen LogP contribution in [-0.2, 0) is 0 Å². The first-order chi connectivity index (χ1) is 10.6. The molecule has 0 bridgehead atoms. The van der Waals surface area contributed by atoms with Crippen molar-refractivity contribution in [3.05, 3.63) is 40.7 Å². The predicted octanol–water partition coefficient (Wildman–Crippen LogP) is 3.54. The summed E-state index contributed by atoms with van der Waals surface area (Å²) in [6.45, 7) is 6.24. The zero-order valence-corrected chi connectivity index (χ0v) is 15.9. The van der Waals surface area contributed by atoms with Crippen molar-refractivity contribution in [2.45, 2.75) is 19.9 Å². The summed E-state index contributed by atoms with van der Waals surface area (Å²) in [5.41, 5.74) is 1.57. The number of piperazine rings is 1. The van der Waals surface area contributed by atoms with Gasteiger partial charge in [0.2, 0.25) is 0 Å². The molecular formula is C16H20Cl2FN3OS. The molecule has 1 fully saturated rings. The molecule has 1 amide bonds. The van der Waals surface area contributed by atoms with Crippen LogP contribution in [0.25, 0.3) is 10.6 Å². The summed E-state index contributed by atoms with van der Waals surface area (Å²) in [6, 6.07) is 6.37. The number of halogens is 3. The van der Waals surface area contributed by atoms with Crippen LogP contribution in [0.4, 0.5) is 4.39 Å². The monoisotopic (exact) mass is 391 g/mol. The Kier molecular flexibility index (Phi) is 7.60. The quantitative estimate of drug-likeness (QED) is 0.851. The molecule has 1 aromatic carbocycles. The highest BCUT2D eigenvalue weighted by Gasteiger charge is 2.27. The highest BCUT2D eigenvalue weighted by molar-refractivity contribution is 7.17. The van der Waals surface area contributed by atoms with Crippen molar-refractivity contribution < 1.29 is 9.18 Å². The molecule has 132 valence electrons. The number of benzene rings is 1. The number of aryl methyl sites for hydroxylation is 1. The van der Waals surface area contributed by atoms with E-state index in [2.05, 4.69) is 10.3 Å². The summed E-state index contributed by atoms with van der Waals surface area (Å²) in [7, 11) is 0. The average molecular weight is 392 g/mol. The van der Waals surface area contributed by atoms with Crippen molar-refractivity contribution in [1.29, 1.82) is 0 Å². The van der Waals surface area contributed by atoms with E-state index in [1.165, 1.54) is 23.5 Å². The van der Waals surface area contributed by atoms with Gasteiger partial charge in [0.1, 0.15) is 15.7 Å². The maximum Gasteiger partial charge on any atom is 0.266 e. The molecule has 0 unspecified atom stereocenters. The maximum absolute atomic E-state index is 13.0.